The second kappa shape index (κ2) is 7.31. The minimum atomic E-state index is 0.528. The molecule has 0 aliphatic rings. The molecule has 2 aromatic carbocycles. The molecule has 0 bridgehead atoms. The summed E-state index contributed by atoms with van der Waals surface area (Å²) in [4.78, 5) is 4.34. The maximum atomic E-state index is 5.92. The normalized spacial score (nSPS) is 11.0. The van der Waals surface area contributed by atoms with Crippen LogP contribution in [-0.2, 0) is 5.75 Å². The number of para-hydroxylation sites is 1. The molecule has 0 amide bonds. The Kier molecular flexibility index (Phi) is 4.73. The van der Waals surface area contributed by atoms with Gasteiger partial charge < -0.3 is 4.42 Å². The van der Waals surface area contributed by atoms with Gasteiger partial charge in [0, 0.05) is 10.6 Å². The average Bonchev–Trinajstić information content (AvgIpc) is 3.30. The van der Waals surface area contributed by atoms with Gasteiger partial charge >= 0.3 is 0 Å². The number of rotatable bonds is 5. The Morgan fingerprint density at radius 2 is 1.92 bits per heavy atom. The highest BCUT2D eigenvalue weighted by Crippen LogP contribution is 2.27. The van der Waals surface area contributed by atoms with Crippen molar-refractivity contribution in [1.82, 2.24) is 25.2 Å². The Hall–Kier alpha value is -2.64. The lowest BCUT2D eigenvalue weighted by Gasteiger charge is -2.06. The van der Waals surface area contributed by atoms with Crippen LogP contribution in [0, 0.1) is 6.92 Å². The quantitative estimate of drug-likeness (QED) is 0.470. The van der Waals surface area contributed by atoms with Gasteiger partial charge in [-0.05, 0) is 53.2 Å². The van der Waals surface area contributed by atoms with Gasteiger partial charge in [-0.1, -0.05) is 41.6 Å². The maximum Gasteiger partial charge on any atom is 0.214 e. The number of oxazole rings is 1. The molecule has 130 valence electrons. The first kappa shape index (κ1) is 16.8. The van der Waals surface area contributed by atoms with E-state index in [2.05, 4.69) is 20.5 Å². The summed E-state index contributed by atoms with van der Waals surface area (Å²) in [6.45, 7) is 2.03. The fourth-order valence-corrected chi connectivity index (χ4v) is 3.34. The summed E-state index contributed by atoms with van der Waals surface area (Å²) >= 11 is 7.39. The first-order chi connectivity index (χ1) is 12.7. The Morgan fingerprint density at radius 1 is 1.12 bits per heavy atom. The minimum Gasteiger partial charge on any atom is -0.440 e. The maximum absolute atomic E-state index is 5.92. The lowest BCUT2D eigenvalue weighted by Crippen LogP contribution is -2.01. The van der Waals surface area contributed by atoms with Gasteiger partial charge in [0.05, 0.1) is 17.6 Å². The van der Waals surface area contributed by atoms with Crippen molar-refractivity contribution in [2.75, 3.05) is 0 Å². The Morgan fingerprint density at radius 3 is 2.73 bits per heavy atom. The summed E-state index contributed by atoms with van der Waals surface area (Å²) < 4.78 is 7.55. The molecule has 0 saturated heterocycles. The van der Waals surface area contributed by atoms with E-state index in [4.69, 9.17) is 16.0 Å². The first-order valence-corrected chi connectivity index (χ1v) is 9.25. The highest BCUT2D eigenvalue weighted by molar-refractivity contribution is 7.98. The van der Waals surface area contributed by atoms with E-state index in [1.807, 2.05) is 55.5 Å². The largest absolute Gasteiger partial charge is 0.440 e. The molecule has 0 unspecified atom stereocenters. The molecule has 0 spiro atoms. The Balaban J connectivity index is 1.50. The van der Waals surface area contributed by atoms with E-state index in [9.17, 15) is 0 Å². The molecule has 8 heteroatoms. The van der Waals surface area contributed by atoms with Gasteiger partial charge in [0.2, 0.25) is 11.0 Å². The van der Waals surface area contributed by atoms with Gasteiger partial charge in [-0.3, -0.25) is 0 Å². The standard InChI is InChI=1S/C18H14ClN5OS/c1-12-4-2-3-5-15(12)24-18(21-22-23-24)26-11-17-20-10-16(25-17)13-6-8-14(19)9-7-13/h2-10H,11H2,1H3. The van der Waals surface area contributed by atoms with Crippen LogP contribution in [0.2, 0.25) is 5.02 Å². The molecule has 26 heavy (non-hydrogen) atoms. The van der Waals surface area contributed by atoms with Gasteiger partial charge in [0.15, 0.2) is 5.76 Å². The van der Waals surface area contributed by atoms with Crippen molar-refractivity contribution in [3.8, 4) is 17.0 Å². The lowest BCUT2D eigenvalue weighted by atomic mass is 10.2. The van der Waals surface area contributed by atoms with Crippen LogP contribution >= 0.6 is 23.4 Å². The third-order valence-corrected chi connectivity index (χ3v) is 4.95. The molecule has 0 saturated carbocycles. The number of nitrogens with zero attached hydrogens (tertiary/aromatic N) is 5. The molecule has 2 aromatic heterocycles. The van der Waals surface area contributed by atoms with E-state index < -0.39 is 0 Å². The topological polar surface area (TPSA) is 69.6 Å². The zero-order chi connectivity index (χ0) is 17.9. The van der Waals surface area contributed by atoms with E-state index in [1.165, 1.54) is 11.8 Å². The zero-order valence-electron chi connectivity index (χ0n) is 13.8. The smallest absolute Gasteiger partial charge is 0.214 e. The van der Waals surface area contributed by atoms with Crippen molar-refractivity contribution in [3.05, 3.63) is 71.2 Å². The van der Waals surface area contributed by atoms with Crippen LogP contribution in [-0.4, -0.2) is 25.2 Å². The van der Waals surface area contributed by atoms with Gasteiger partial charge in [-0.25, -0.2) is 4.98 Å². The van der Waals surface area contributed by atoms with Crippen molar-refractivity contribution in [1.29, 1.82) is 0 Å². The average molecular weight is 384 g/mol. The molecular formula is C18H14ClN5OS. The second-order valence-corrected chi connectivity index (χ2v) is 6.95. The fourth-order valence-electron chi connectivity index (χ4n) is 2.47. The van der Waals surface area contributed by atoms with Crippen LogP contribution in [0.25, 0.3) is 17.0 Å². The van der Waals surface area contributed by atoms with Crippen LogP contribution in [0.5, 0.6) is 0 Å². The molecule has 0 fully saturated rings. The predicted octanol–water partition coefficient (Wildman–Crippen LogP) is 4.57. The summed E-state index contributed by atoms with van der Waals surface area (Å²) in [5.41, 5.74) is 2.99. The molecule has 4 aromatic rings. The molecule has 2 heterocycles. The highest BCUT2D eigenvalue weighted by atomic mass is 35.5. The van der Waals surface area contributed by atoms with Crippen LogP contribution < -0.4 is 0 Å². The monoisotopic (exact) mass is 383 g/mol. The lowest BCUT2D eigenvalue weighted by molar-refractivity contribution is 0.529. The third kappa shape index (κ3) is 3.49. The summed E-state index contributed by atoms with van der Waals surface area (Å²) in [6.07, 6.45) is 1.71. The van der Waals surface area contributed by atoms with Crippen LogP contribution in [0.3, 0.4) is 0 Å². The number of aromatic nitrogens is 5. The van der Waals surface area contributed by atoms with Crippen molar-refractivity contribution >= 4 is 23.4 Å². The fraction of sp³-hybridized carbons (Fsp3) is 0.111. The number of halogens is 1. The molecular weight excluding hydrogens is 370 g/mol. The molecule has 6 nitrogen and oxygen atoms in total. The molecule has 0 atom stereocenters. The molecule has 0 N–H and O–H groups in total. The van der Waals surface area contributed by atoms with Crippen molar-refractivity contribution in [2.45, 2.75) is 17.8 Å². The summed E-state index contributed by atoms with van der Waals surface area (Å²) in [7, 11) is 0. The highest BCUT2D eigenvalue weighted by Gasteiger charge is 2.13. The van der Waals surface area contributed by atoms with E-state index >= 15 is 0 Å². The van der Waals surface area contributed by atoms with Crippen LogP contribution in [0.15, 0.2) is 64.3 Å². The second-order valence-electron chi connectivity index (χ2n) is 5.57. The number of hydrogen-bond acceptors (Lipinski definition) is 6. The Bertz CT molecular complexity index is 1030. The van der Waals surface area contributed by atoms with Gasteiger partial charge in [-0.2, -0.15) is 4.68 Å². The number of tetrazole rings is 1. The summed E-state index contributed by atoms with van der Waals surface area (Å²) in [6, 6.07) is 15.4. The molecule has 4 rings (SSSR count). The zero-order valence-corrected chi connectivity index (χ0v) is 15.4. The van der Waals surface area contributed by atoms with E-state index in [1.54, 1.807) is 10.9 Å². The van der Waals surface area contributed by atoms with Gasteiger partial charge in [0.1, 0.15) is 0 Å². The summed E-state index contributed by atoms with van der Waals surface area (Å²) in [5.74, 6) is 1.84. The molecule has 0 aliphatic heterocycles. The first-order valence-electron chi connectivity index (χ1n) is 7.88. The van der Waals surface area contributed by atoms with Crippen LogP contribution in [0.4, 0.5) is 0 Å². The van der Waals surface area contributed by atoms with E-state index in [0.717, 1.165) is 16.8 Å². The third-order valence-electron chi connectivity index (χ3n) is 3.79. The predicted molar refractivity (Wildman–Crippen MR) is 100 cm³/mol. The van der Waals surface area contributed by atoms with Crippen molar-refractivity contribution in [3.63, 3.8) is 0 Å². The molecule has 0 radical (unpaired) electrons. The van der Waals surface area contributed by atoms with Gasteiger partial charge in [-0.15, -0.1) is 5.10 Å². The number of thioether (sulfide) groups is 1. The van der Waals surface area contributed by atoms with E-state index in [0.29, 0.717) is 27.6 Å². The SMILES string of the molecule is Cc1ccccc1-n1nnnc1SCc1ncc(-c2ccc(Cl)cc2)o1. The number of hydrogen-bond donors (Lipinski definition) is 0. The minimum absolute atomic E-state index is 0.528. The summed E-state index contributed by atoms with van der Waals surface area (Å²) in [5, 5.41) is 13.4. The van der Waals surface area contributed by atoms with Crippen molar-refractivity contribution < 1.29 is 4.42 Å². The number of benzene rings is 2. The van der Waals surface area contributed by atoms with Crippen molar-refractivity contribution in [2.24, 2.45) is 0 Å². The van der Waals surface area contributed by atoms with E-state index in [-0.39, 0.29) is 0 Å². The van der Waals surface area contributed by atoms with Gasteiger partial charge in [0.25, 0.3) is 0 Å². The Labute approximate surface area is 159 Å². The molecule has 0 aliphatic carbocycles. The van der Waals surface area contributed by atoms with Crippen LogP contribution in [0.1, 0.15) is 11.5 Å². The number of aryl methyl sites for hydroxylation is 1.